The van der Waals surface area contributed by atoms with Crippen LogP contribution in [0.5, 0.6) is 0 Å². The lowest BCUT2D eigenvalue weighted by atomic mass is 9.97. The predicted octanol–water partition coefficient (Wildman–Crippen LogP) is 4.69. The molecule has 5 heteroatoms. The van der Waals surface area contributed by atoms with E-state index in [4.69, 9.17) is 0 Å². The van der Waals surface area contributed by atoms with Gasteiger partial charge in [0.2, 0.25) is 5.91 Å². The molecular formula is C22H27N3O2. The molecule has 0 aliphatic carbocycles. The number of nitrogens with zero attached hydrogens (tertiary/aromatic N) is 1. The van der Waals surface area contributed by atoms with Crippen LogP contribution in [0.25, 0.3) is 0 Å². The Morgan fingerprint density at radius 3 is 2.30 bits per heavy atom. The van der Waals surface area contributed by atoms with Gasteiger partial charge >= 0.3 is 6.03 Å². The molecule has 2 N–H and O–H groups in total. The number of para-hydroxylation sites is 1. The molecule has 2 aromatic rings. The van der Waals surface area contributed by atoms with Crippen LogP contribution in [0, 0.1) is 5.92 Å². The number of likely N-dealkylation sites (tertiary alicyclic amines) is 1. The van der Waals surface area contributed by atoms with Crippen molar-refractivity contribution in [2.24, 2.45) is 5.92 Å². The number of carbonyl (C=O) groups excluding carboxylic acids is 2. The Hall–Kier alpha value is -2.82. The SMILES string of the molecule is CC(C)c1ccc(NC(=O)[C@H]2CCCN(C(=O)Nc3ccccc3)C2)cc1. The number of amides is 3. The highest BCUT2D eigenvalue weighted by molar-refractivity contribution is 5.94. The van der Waals surface area contributed by atoms with Gasteiger partial charge in [-0.25, -0.2) is 4.79 Å². The van der Waals surface area contributed by atoms with E-state index in [0.717, 1.165) is 24.2 Å². The van der Waals surface area contributed by atoms with Crippen molar-refractivity contribution in [3.8, 4) is 0 Å². The van der Waals surface area contributed by atoms with Gasteiger partial charge in [-0.15, -0.1) is 0 Å². The fourth-order valence-electron chi connectivity index (χ4n) is 3.30. The van der Waals surface area contributed by atoms with Gasteiger partial charge in [-0.05, 0) is 48.6 Å². The number of benzene rings is 2. The van der Waals surface area contributed by atoms with Crippen molar-refractivity contribution in [2.75, 3.05) is 23.7 Å². The molecule has 1 aliphatic rings. The molecule has 0 aromatic heterocycles. The number of anilines is 2. The second-order valence-electron chi connectivity index (χ2n) is 7.35. The molecular weight excluding hydrogens is 338 g/mol. The number of piperidine rings is 1. The normalized spacial score (nSPS) is 16.9. The fourth-order valence-corrected chi connectivity index (χ4v) is 3.30. The largest absolute Gasteiger partial charge is 0.326 e. The van der Waals surface area contributed by atoms with Crippen molar-refractivity contribution in [3.63, 3.8) is 0 Å². The van der Waals surface area contributed by atoms with Gasteiger partial charge in [-0.2, -0.15) is 0 Å². The molecule has 1 heterocycles. The molecule has 1 saturated heterocycles. The minimum absolute atomic E-state index is 0.0236. The van der Waals surface area contributed by atoms with Crippen molar-refractivity contribution in [1.82, 2.24) is 4.90 Å². The quantitative estimate of drug-likeness (QED) is 0.825. The minimum atomic E-state index is -0.190. The molecule has 142 valence electrons. The average molecular weight is 365 g/mol. The zero-order valence-electron chi connectivity index (χ0n) is 15.9. The number of carbonyl (C=O) groups is 2. The van der Waals surface area contributed by atoms with Gasteiger partial charge in [0.15, 0.2) is 0 Å². The molecule has 0 saturated carbocycles. The number of urea groups is 1. The summed E-state index contributed by atoms with van der Waals surface area (Å²) in [6.45, 7) is 5.40. The van der Waals surface area contributed by atoms with Crippen LogP contribution in [0.15, 0.2) is 54.6 Å². The van der Waals surface area contributed by atoms with E-state index < -0.39 is 0 Å². The maximum absolute atomic E-state index is 12.6. The molecule has 27 heavy (non-hydrogen) atoms. The number of hydrogen-bond acceptors (Lipinski definition) is 2. The van der Waals surface area contributed by atoms with Crippen molar-refractivity contribution in [1.29, 1.82) is 0 Å². The predicted molar refractivity (Wildman–Crippen MR) is 109 cm³/mol. The summed E-state index contributed by atoms with van der Waals surface area (Å²) in [7, 11) is 0. The van der Waals surface area contributed by atoms with Gasteiger partial charge in [0.1, 0.15) is 0 Å². The third-order valence-electron chi connectivity index (χ3n) is 4.95. The second kappa shape index (κ2) is 8.71. The Morgan fingerprint density at radius 1 is 0.963 bits per heavy atom. The van der Waals surface area contributed by atoms with E-state index in [2.05, 4.69) is 24.5 Å². The minimum Gasteiger partial charge on any atom is -0.326 e. The van der Waals surface area contributed by atoms with Crippen LogP contribution >= 0.6 is 0 Å². The first kappa shape index (κ1) is 19.0. The van der Waals surface area contributed by atoms with Crippen LogP contribution in [0.3, 0.4) is 0 Å². The first-order chi connectivity index (χ1) is 13.0. The lowest BCUT2D eigenvalue weighted by Gasteiger charge is -2.32. The highest BCUT2D eigenvalue weighted by atomic mass is 16.2. The van der Waals surface area contributed by atoms with Gasteiger partial charge in [0.05, 0.1) is 5.92 Å². The maximum Gasteiger partial charge on any atom is 0.321 e. The summed E-state index contributed by atoms with van der Waals surface area (Å²) < 4.78 is 0. The van der Waals surface area contributed by atoms with E-state index >= 15 is 0 Å². The summed E-state index contributed by atoms with van der Waals surface area (Å²) in [4.78, 5) is 26.8. The van der Waals surface area contributed by atoms with Crippen LogP contribution in [-0.4, -0.2) is 29.9 Å². The zero-order chi connectivity index (χ0) is 19.2. The first-order valence-electron chi connectivity index (χ1n) is 9.54. The highest BCUT2D eigenvalue weighted by Gasteiger charge is 2.28. The van der Waals surface area contributed by atoms with E-state index in [-0.39, 0.29) is 17.9 Å². The molecule has 0 bridgehead atoms. The molecule has 1 atom stereocenters. The summed E-state index contributed by atoms with van der Waals surface area (Å²) in [5.74, 6) is 0.249. The molecule has 1 aliphatic heterocycles. The van der Waals surface area contributed by atoms with Crippen molar-refractivity contribution < 1.29 is 9.59 Å². The average Bonchev–Trinajstić information content (AvgIpc) is 2.69. The second-order valence-corrected chi connectivity index (χ2v) is 7.35. The zero-order valence-corrected chi connectivity index (χ0v) is 15.9. The van der Waals surface area contributed by atoms with E-state index in [1.165, 1.54) is 5.56 Å². The molecule has 0 unspecified atom stereocenters. The molecule has 0 radical (unpaired) electrons. The van der Waals surface area contributed by atoms with Crippen LogP contribution in [0.4, 0.5) is 16.2 Å². The summed E-state index contributed by atoms with van der Waals surface area (Å²) in [5.41, 5.74) is 2.81. The Kier molecular flexibility index (Phi) is 6.12. The molecule has 3 rings (SSSR count). The van der Waals surface area contributed by atoms with Crippen LogP contribution in [-0.2, 0) is 4.79 Å². The monoisotopic (exact) mass is 365 g/mol. The molecule has 2 aromatic carbocycles. The van der Waals surface area contributed by atoms with Gasteiger partial charge in [-0.1, -0.05) is 44.2 Å². The van der Waals surface area contributed by atoms with Gasteiger partial charge < -0.3 is 15.5 Å². The van der Waals surface area contributed by atoms with E-state index in [0.29, 0.717) is 19.0 Å². The summed E-state index contributed by atoms with van der Waals surface area (Å²) in [5, 5.41) is 5.88. The van der Waals surface area contributed by atoms with Gasteiger partial charge in [0.25, 0.3) is 0 Å². The lowest BCUT2D eigenvalue weighted by molar-refractivity contribution is -0.121. The standard InChI is InChI=1S/C22H27N3O2/c1-16(2)17-10-12-20(13-11-17)23-21(26)18-7-6-14-25(15-18)22(27)24-19-8-4-3-5-9-19/h3-5,8-13,16,18H,6-7,14-15H2,1-2H3,(H,23,26)(H,24,27)/t18-/m0/s1. The van der Waals surface area contributed by atoms with Crippen LogP contribution < -0.4 is 10.6 Å². The topological polar surface area (TPSA) is 61.4 Å². The van der Waals surface area contributed by atoms with Crippen molar-refractivity contribution in [2.45, 2.75) is 32.6 Å². The van der Waals surface area contributed by atoms with Crippen LogP contribution in [0.1, 0.15) is 38.2 Å². The van der Waals surface area contributed by atoms with Crippen molar-refractivity contribution in [3.05, 3.63) is 60.2 Å². The third kappa shape index (κ3) is 5.09. The van der Waals surface area contributed by atoms with Crippen molar-refractivity contribution >= 4 is 23.3 Å². The fraction of sp³-hybridized carbons (Fsp3) is 0.364. The Balaban J connectivity index is 1.56. The first-order valence-corrected chi connectivity index (χ1v) is 9.54. The van der Waals surface area contributed by atoms with E-state index in [1.807, 2.05) is 54.6 Å². The third-order valence-corrected chi connectivity index (χ3v) is 4.95. The van der Waals surface area contributed by atoms with Crippen LogP contribution in [0.2, 0.25) is 0 Å². The molecule has 5 nitrogen and oxygen atoms in total. The lowest BCUT2D eigenvalue weighted by Crippen LogP contribution is -2.45. The Bertz CT molecular complexity index is 772. The Morgan fingerprint density at radius 2 is 1.63 bits per heavy atom. The van der Waals surface area contributed by atoms with Gasteiger partial charge in [-0.3, -0.25) is 4.79 Å². The summed E-state index contributed by atoms with van der Waals surface area (Å²) in [6, 6.07) is 17.2. The number of nitrogens with one attached hydrogen (secondary N) is 2. The Labute approximate surface area is 160 Å². The maximum atomic E-state index is 12.6. The van der Waals surface area contributed by atoms with E-state index in [1.54, 1.807) is 4.90 Å². The summed E-state index contributed by atoms with van der Waals surface area (Å²) >= 11 is 0. The molecule has 1 fully saturated rings. The van der Waals surface area contributed by atoms with E-state index in [9.17, 15) is 9.59 Å². The van der Waals surface area contributed by atoms with Gasteiger partial charge in [0, 0.05) is 24.5 Å². The number of hydrogen-bond donors (Lipinski definition) is 2. The molecule has 3 amide bonds. The highest BCUT2D eigenvalue weighted by Crippen LogP contribution is 2.21. The smallest absolute Gasteiger partial charge is 0.321 e. The molecule has 0 spiro atoms. The summed E-state index contributed by atoms with van der Waals surface area (Å²) in [6.07, 6.45) is 1.62. The number of rotatable bonds is 4.